The Balaban J connectivity index is 2.03. The van der Waals surface area contributed by atoms with Gasteiger partial charge in [-0.3, -0.25) is 0 Å². The van der Waals surface area contributed by atoms with Gasteiger partial charge in [0, 0.05) is 6.04 Å². The molecule has 1 saturated carbocycles. The van der Waals surface area contributed by atoms with E-state index < -0.39 is 10.0 Å². The molecule has 0 spiro atoms. The van der Waals surface area contributed by atoms with Gasteiger partial charge in [-0.25, -0.2) is 13.1 Å². The minimum absolute atomic E-state index is 0.118. The molecule has 18 heavy (non-hydrogen) atoms. The number of benzene rings is 1. The first-order chi connectivity index (χ1) is 8.53. The first-order valence-electron chi connectivity index (χ1n) is 6.34. The molecule has 0 saturated heterocycles. The Bertz CT molecular complexity index is 496. The highest BCUT2D eigenvalue weighted by Crippen LogP contribution is 2.30. The van der Waals surface area contributed by atoms with Crippen LogP contribution in [0.2, 0.25) is 0 Å². The highest BCUT2D eigenvalue weighted by molar-refractivity contribution is 7.89. The van der Waals surface area contributed by atoms with E-state index in [1.807, 2.05) is 19.1 Å². The average Bonchev–Trinajstić information content (AvgIpc) is 3.02. The quantitative estimate of drug-likeness (QED) is 0.816. The second kappa shape index (κ2) is 5.38. The van der Waals surface area contributed by atoms with Crippen molar-refractivity contribution in [1.82, 2.24) is 4.72 Å². The van der Waals surface area contributed by atoms with E-state index in [-0.39, 0.29) is 6.04 Å². The topological polar surface area (TPSA) is 72.2 Å². The van der Waals surface area contributed by atoms with Gasteiger partial charge in [0.2, 0.25) is 10.0 Å². The van der Waals surface area contributed by atoms with E-state index in [9.17, 15) is 8.42 Å². The fourth-order valence-electron chi connectivity index (χ4n) is 1.90. The maximum Gasteiger partial charge on any atom is 0.240 e. The summed E-state index contributed by atoms with van der Waals surface area (Å²) in [4.78, 5) is 0.345. The summed E-state index contributed by atoms with van der Waals surface area (Å²) in [7, 11) is -3.34. The van der Waals surface area contributed by atoms with Crippen molar-refractivity contribution in [2.24, 2.45) is 11.7 Å². The van der Waals surface area contributed by atoms with Gasteiger partial charge in [0.1, 0.15) is 0 Å². The van der Waals surface area contributed by atoms with Gasteiger partial charge >= 0.3 is 0 Å². The molecule has 1 aliphatic carbocycles. The third kappa shape index (κ3) is 3.31. The van der Waals surface area contributed by atoms with Crippen molar-refractivity contribution in [3.63, 3.8) is 0 Å². The Kier molecular flexibility index (Phi) is 4.04. The summed E-state index contributed by atoms with van der Waals surface area (Å²) in [5, 5.41) is 0. The van der Waals surface area contributed by atoms with Crippen LogP contribution in [0.25, 0.3) is 0 Å². The van der Waals surface area contributed by atoms with Crippen molar-refractivity contribution in [3.05, 3.63) is 29.8 Å². The number of rotatable bonds is 6. The van der Waals surface area contributed by atoms with E-state index in [2.05, 4.69) is 4.72 Å². The smallest absolute Gasteiger partial charge is 0.240 e. The standard InChI is InChI=1S/C13H20N2O2S/c1-10-9-13(10)15-18(16,17)12-6-4-11(5-7-12)3-2-8-14/h4-7,10,13,15H,2-3,8-9,14H2,1H3. The maximum atomic E-state index is 12.0. The Morgan fingerprint density at radius 1 is 1.33 bits per heavy atom. The largest absolute Gasteiger partial charge is 0.330 e. The van der Waals surface area contributed by atoms with Crippen molar-refractivity contribution in [2.75, 3.05) is 6.54 Å². The van der Waals surface area contributed by atoms with E-state index in [0.717, 1.165) is 24.8 Å². The van der Waals surface area contributed by atoms with Crippen LogP contribution in [-0.2, 0) is 16.4 Å². The van der Waals surface area contributed by atoms with Crippen molar-refractivity contribution in [2.45, 2.75) is 37.1 Å². The monoisotopic (exact) mass is 268 g/mol. The average molecular weight is 268 g/mol. The molecular weight excluding hydrogens is 248 g/mol. The van der Waals surface area contributed by atoms with Gasteiger partial charge in [0.15, 0.2) is 0 Å². The SMILES string of the molecule is CC1CC1NS(=O)(=O)c1ccc(CCCN)cc1. The summed E-state index contributed by atoms with van der Waals surface area (Å²) in [5.74, 6) is 0.462. The number of aryl methyl sites for hydroxylation is 1. The van der Waals surface area contributed by atoms with Gasteiger partial charge < -0.3 is 5.73 Å². The van der Waals surface area contributed by atoms with Crippen LogP contribution in [0.4, 0.5) is 0 Å². The zero-order valence-electron chi connectivity index (χ0n) is 10.6. The second-order valence-corrected chi connectivity index (χ2v) is 6.69. The van der Waals surface area contributed by atoms with Gasteiger partial charge in [-0.15, -0.1) is 0 Å². The summed E-state index contributed by atoms with van der Waals surface area (Å²) in [6, 6.07) is 7.18. The molecule has 5 heteroatoms. The summed E-state index contributed by atoms with van der Waals surface area (Å²) in [6.07, 6.45) is 2.75. The molecule has 100 valence electrons. The van der Waals surface area contributed by atoms with E-state index in [1.165, 1.54) is 0 Å². The van der Waals surface area contributed by atoms with Crippen LogP contribution in [0, 0.1) is 5.92 Å². The van der Waals surface area contributed by atoms with Gasteiger partial charge in [0.25, 0.3) is 0 Å². The van der Waals surface area contributed by atoms with Crippen molar-refractivity contribution in [1.29, 1.82) is 0 Å². The van der Waals surface area contributed by atoms with Crippen LogP contribution in [0.5, 0.6) is 0 Å². The lowest BCUT2D eigenvalue weighted by Crippen LogP contribution is -2.26. The zero-order valence-corrected chi connectivity index (χ0v) is 11.4. The molecule has 0 radical (unpaired) electrons. The highest BCUT2D eigenvalue weighted by atomic mass is 32.2. The van der Waals surface area contributed by atoms with Gasteiger partial charge in [-0.1, -0.05) is 19.1 Å². The lowest BCUT2D eigenvalue weighted by molar-refractivity contribution is 0.578. The van der Waals surface area contributed by atoms with Crippen LogP contribution in [0.1, 0.15) is 25.3 Å². The molecule has 0 heterocycles. The maximum absolute atomic E-state index is 12.0. The summed E-state index contributed by atoms with van der Waals surface area (Å²) in [5.41, 5.74) is 6.57. The molecule has 1 fully saturated rings. The van der Waals surface area contributed by atoms with Crippen molar-refractivity contribution >= 4 is 10.0 Å². The lowest BCUT2D eigenvalue weighted by atomic mass is 10.1. The van der Waals surface area contributed by atoms with Crippen LogP contribution in [-0.4, -0.2) is 21.0 Å². The van der Waals surface area contributed by atoms with Crippen molar-refractivity contribution in [3.8, 4) is 0 Å². The molecule has 1 aliphatic rings. The molecule has 1 aromatic rings. The predicted molar refractivity (Wildman–Crippen MR) is 71.7 cm³/mol. The minimum atomic E-state index is -3.34. The zero-order chi connectivity index (χ0) is 13.2. The molecular formula is C13H20N2O2S. The normalized spacial score (nSPS) is 23.0. The lowest BCUT2D eigenvalue weighted by Gasteiger charge is -2.07. The first kappa shape index (κ1) is 13.5. The Labute approximate surface area is 109 Å². The molecule has 4 nitrogen and oxygen atoms in total. The van der Waals surface area contributed by atoms with E-state index in [1.54, 1.807) is 12.1 Å². The van der Waals surface area contributed by atoms with Gasteiger partial charge in [-0.2, -0.15) is 0 Å². The molecule has 0 amide bonds. The molecule has 0 bridgehead atoms. The van der Waals surface area contributed by atoms with Gasteiger partial charge in [0.05, 0.1) is 4.90 Å². The Morgan fingerprint density at radius 3 is 2.44 bits per heavy atom. The van der Waals surface area contributed by atoms with Crippen LogP contribution in [0.15, 0.2) is 29.2 Å². The molecule has 0 aliphatic heterocycles. The van der Waals surface area contributed by atoms with E-state index in [0.29, 0.717) is 17.4 Å². The molecule has 2 unspecified atom stereocenters. The summed E-state index contributed by atoms with van der Waals surface area (Å²) < 4.78 is 26.8. The number of nitrogens with two attached hydrogens (primary N) is 1. The van der Waals surface area contributed by atoms with Crippen molar-refractivity contribution < 1.29 is 8.42 Å². The third-order valence-corrected chi connectivity index (χ3v) is 4.83. The van der Waals surface area contributed by atoms with E-state index >= 15 is 0 Å². The minimum Gasteiger partial charge on any atom is -0.330 e. The molecule has 2 rings (SSSR count). The summed E-state index contributed by atoms with van der Waals surface area (Å²) in [6.45, 7) is 2.70. The van der Waals surface area contributed by atoms with Crippen LogP contribution in [0.3, 0.4) is 0 Å². The molecule has 2 atom stereocenters. The van der Waals surface area contributed by atoms with Crippen LogP contribution >= 0.6 is 0 Å². The first-order valence-corrected chi connectivity index (χ1v) is 7.82. The van der Waals surface area contributed by atoms with Crippen LogP contribution < -0.4 is 10.5 Å². The molecule has 1 aromatic carbocycles. The fourth-order valence-corrected chi connectivity index (χ4v) is 3.25. The number of hydrogen-bond acceptors (Lipinski definition) is 3. The van der Waals surface area contributed by atoms with Gasteiger partial charge in [-0.05, 0) is 49.4 Å². The van der Waals surface area contributed by atoms with E-state index in [4.69, 9.17) is 5.73 Å². The predicted octanol–water partition coefficient (Wildman–Crippen LogP) is 1.26. The number of nitrogens with one attached hydrogen (secondary N) is 1. The highest BCUT2D eigenvalue weighted by Gasteiger charge is 2.36. The fraction of sp³-hybridized carbons (Fsp3) is 0.538. The Hall–Kier alpha value is -0.910. The number of hydrogen-bond donors (Lipinski definition) is 2. The third-order valence-electron chi connectivity index (χ3n) is 3.32. The number of sulfonamides is 1. The Morgan fingerprint density at radius 2 is 1.94 bits per heavy atom. The summed E-state index contributed by atoms with van der Waals surface area (Å²) >= 11 is 0. The second-order valence-electron chi connectivity index (χ2n) is 4.98. The molecule has 3 N–H and O–H groups in total. The molecule has 0 aromatic heterocycles.